The van der Waals surface area contributed by atoms with Crippen LogP contribution in [0.15, 0.2) is 41.3 Å². The van der Waals surface area contributed by atoms with Crippen LogP contribution in [0.25, 0.3) is 22.5 Å². The summed E-state index contributed by atoms with van der Waals surface area (Å²) < 4.78 is 7.10. The second-order valence-corrected chi connectivity index (χ2v) is 6.25. The van der Waals surface area contributed by atoms with Crippen molar-refractivity contribution >= 4 is 22.6 Å². The number of nitrogen functional groups attached to an aromatic ring is 1. The lowest BCUT2D eigenvalue weighted by atomic mass is 10.1. The molecular formula is C19H19N7O2. The van der Waals surface area contributed by atoms with E-state index in [9.17, 15) is 4.79 Å². The summed E-state index contributed by atoms with van der Waals surface area (Å²) in [5.74, 6) is -0.0782. The van der Waals surface area contributed by atoms with E-state index in [-0.39, 0.29) is 11.5 Å². The molecule has 1 aromatic carbocycles. The number of carbonyl (C=O) groups excluding carboxylic acids is 1. The lowest BCUT2D eigenvalue weighted by Crippen LogP contribution is -2.26. The molecule has 0 fully saturated rings. The number of hydrogen-bond donors (Lipinski definition) is 2. The van der Waals surface area contributed by atoms with Crippen LogP contribution in [0.1, 0.15) is 28.7 Å². The zero-order chi connectivity index (χ0) is 19.7. The summed E-state index contributed by atoms with van der Waals surface area (Å²) in [6, 6.07) is 5.87. The minimum atomic E-state index is -0.404. The van der Waals surface area contributed by atoms with Gasteiger partial charge in [-0.15, -0.1) is 0 Å². The molecule has 4 aromatic rings. The number of nitrogens with two attached hydrogens (primary N) is 1. The van der Waals surface area contributed by atoms with E-state index in [1.807, 2.05) is 36.0 Å². The van der Waals surface area contributed by atoms with Gasteiger partial charge in [0, 0.05) is 24.7 Å². The molecule has 0 aliphatic carbocycles. The van der Waals surface area contributed by atoms with E-state index in [2.05, 4.69) is 25.4 Å². The highest BCUT2D eigenvalue weighted by Gasteiger charge is 2.19. The lowest BCUT2D eigenvalue weighted by Gasteiger charge is -2.09. The number of amides is 1. The average Bonchev–Trinajstić information content (AvgIpc) is 3.37. The molecule has 0 radical (unpaired) electrons. The van der Waals surface area contributed by atoms with Crippen LogP contribution in [0, 0.1) is 6.92 Å². The number of carbonyl (C=O) groups is 1. The summed E-state index contributed by atoms with van der Waals surface area (Å²) in [6.45, 7) is 4.83. The minimum Gasteiger partial charge on any atom is -0.443 e. The highest BCUT2D eigenvalue weighted by atomic mass is 16.3. The maximum absolute atomic E-state index is 12.6. The van der Waals surface area contributed by atoms with Gasteiger partial charge in [0.2, 0.25) is 5.89 Å². The van der Waals surface area contributed by atoms with Crippen molar-refractivity contribution in [1.29, 1.82) is 0 Å². The number of rotatable bonds is 5. The predicted octanol–water partition coefficient (Wildman–Crippen LogP) is 2.32. The fourth-order valence-corrected chi connectivity index (χ4v) is 2.96. The molecule has 28 heavy (non-hydrogen) atoms. The standard InChI is InChI=1S/C19H19N7O2/c1-3-26-10-13-6-4-5-12(15(13)25-26)9-22-18(27)16-17(20)24-14(11(2)23-16)19-21-7-8-28-19/h4-8,10H,3,9H2,1-2H3,(H2,20,24)(H,22,27). The molecule has 3 aromatic heterocycles. The Morgan fingerprint density at radius 2 is 2.18 bits per heavy atom. The molecule has 0 saturated carbocycles. The third-order valence-electron chi connectivity index (χ3n) is 4.38. The second kappa shape index (κ2) is 7.10. The Labute approximate surface area is 160 Å². The third kappa shape index (κ3) is 3.18. The maximum atomic E-state index is 12.6. The Morgan fingerprint density at radius 3 is 2.93 bits per heavy atom. The number of fused-ring (bicyclic) bond motifs is 1. The van der Waals surface area contributed by atoms with Crippen molar-refractivity contribution in [3.63, 3.8) is 0 Å². The monoisotopic (exact) mass is 377 g/mol. The molecule has 9 nitrogen and oxygen atoms in total. The third-order valence-corrected chi connectivity index (χ3v) is 4.38. The highest BCUT2D eigenvalue weighted by Crippen LogP contribution is 2.21. The van der Waals surface area contributed by atoms with Crippen LogP contribution < -0.4 is 11.1 Å². The smallest absolute Gasteiger partial charge is 0.273 e. The van der Waals surface area contributed by atoms with Crippen LogP contribution in [0.2, 0.25) is 0 Å². The molecular weight excluding hydrogens is 358 g/mol. The van der Waals surface area contributed by atoms with Gasteiger partial charge in [-0.2, -0.15) is 5.10 Å². The Kier molecular flexibility index (Phi) is 4.48. The molecule has 3 heterocycles. The van der Waals surface area contributed by atoms with Crippen LogP contribution in [-0.4, -0.2) is 30.6 Å². The number of nitrogens with one attached hydrogen (secondary N) is 1. The number of oxazole rings is 1. The van der Waals surface area contributed by atoms with Crippen LogP contribution >= 0.6 is 0 Å². The summed E-state index contributed by atoms with van der Waals surface area (Å²) in [5.41, 5.74) is 8.72. The SMILES string of the molecule is CCn1cc2cccc(CNC(=O)c3nc(C)c(-c4ncco4)nc3N)c2n1. The van der Waals surface area contributed by atoms with Gasteiger partial charge in [0.15, 0.2) is 11.5 Å². The van der Waals surface area contributed by atoms with Crippen LogP contribution in [0.5, 0.6) is 0 Å². The first-order valence-electron chi connectivity index (χ1n) is 8.84. The first kappa shape index (κ1) is 17.7. The highest BCUT2D eigenvalue weighted by molar-refractivity contribution is 5.96. The maximum Gasteiger partial charge on any atom is 0.273 e. The van der Waals surface area contributed by atoms with E-state index in [1.54, 1.807) is 6.92 Å². The Bertz CT molecular complexity index is 1150. The van der Waals surface area contributed by atoms with E-state index >= 15 is 0 Å². The molecule has 4 rings (SSSR count). The molecule has 0 unspecified atom stereocenters. The van der Waals surface area contributed by atoms with Gasteiger partial charge in [-0.05, 0) is 19.4 Å². The van der Waals surface area contributed by atoms with Gasteiger partial charge in [0.1, 0.15) is 12.0 Å². The first-order chi connectivity index (χ1) is 13.6. The van der Waals surface area contributed by atoms with Gasteiger partial charge < -0.3 is 15.5 Å². The molecule has 0 atom stereocenters. The van der Waals surface area contributed by atoms with E-state index in [1.165, 1.54) is 12.5 Å². The predicted molar refractivity (Wildman–Crippen MR) is 103 cm³/mol. The van der Waals surface area contributed by atoms with Crippen LogP contribution in [0.4, 0.5) is 5.82 Å². The van der Waals surface area contributed by atoms with Gasteiger partial charge in [0.25, 0.3) is 5.91 Å². The molecule has 0 saturated heterocycles. The van der Waals surface area contributed by atoms with Crippen molar-refractivity contribution in [3.05, 3.63) is 53.8 Å². The van der Waals surface area contributed by atoms with Gasteiger partial charge in [0.05, 0.1) is 17.4 Å². The van der Waals surface area contributed by atoms with Crippen molar-refractivity contribution in [3.8, 4) is 11.6 Å². The Hall–Kier alpha value is -3.75. The molecule has 0 aliphatic rings. The van der Waals surface area contributed by atoms with Crippen molar-refractivity contribution in [2.45, 2.75) is 26.9 Å². The normalized spacial score (nSPS) is 11.1. The molecule has 142 valence electrons. The van der Waals surface area contributed by atoms with Crippen molar-refractivity contribution < 1.29 is 9.21 Å². The van der Waals surface area contributed by atoms with Crippen molar-refractivity contribution in [2.75, 3.05) is 5.73 Å². The molecule has 0 spiro atoms. The number of anilines is 1. The molecule has 0 bridgehead atoms. The summed E-state index contributed by atoms with van der Waals surface area (Å²) in [6.07, 6.45) is 4.93. The van der Waals surface area contributed by atoms with E-state index < -0.39 is 5.91 Å². The van der Waals surface area contributed by atoms with E-state index in [0.29, 0.717) is 23.8 Å². The number of hydrogen-bond acceptors (Lipinski definition) is 7. The van der Waals surface area contributed by atoms with Gasteiger partial charge in [-0.3, -0.25) is 9.48 Å². The average molecular weight is 377 g/mol. The van der Waals surface area contributed by atoms with Gasteiger partial charge in [-0.1, -0.05) is 18.2 Å². The Balaban J connectivity index is 1.56. The fourth-order valence-electron chi connectivity index (χ4n) is 2.96. The number of nitrogens with zero attached hydrogens (tertiary/aromatic N) is 5. The largest absolute Gasteiger partial charge is 0.443 e. The number of aryl methyl sites for hydroxylation is 2. The van der Waals surface area contributed by atoms with Gasteiger partial charge in [-0.25, -0.2) is 15.0 Å². The molecule has 9 heteroatoms. The summed E-state index contributed by atoms with van der Waals surface area (Å²) >= 11 is 0. The van der Waals surface area contributed by atoms with Crippen molar-refractivity contribution in [2.24, 2.45) is 0 Å². The summed E-state index contributed by atoms with van der Waals surface area (Å²) in [4.78, 5) is 25.2. The summed E-state index contributed by atoms with van der Waals surface area (Å²) in [7, 11) is 0. The number of aromatic nitrogens is 5. The first-order valence-corrected chi connectivity index (χ1v) is 8.84. The van der Waals surface area contributed by atoms with E-state index in [0.717, 1.165) is 23.0 Å². The zero-order valence-corrected chi connectivity index (χ0v) is 15.5. The second-order valence-electron chi connectivity index (χ2n) is 6.25. The van der Waals surface area contributed by atoms with Gasteiger partial charge >= 0.3 is 0 Å². The topological polar surface area (TPSA) is 125 Å². The minimum absolute atomic E-state index is 0.0183. The zero-order valence-electron chi connectivity index (χ0n) is 15.5. The Morgan fingerprint density at radius 1 is 1.32 bits per heavy atom. The van der Waals surface area contributed by atoms with Crippen LogP contribution in [-0.2, 0) is 13.1 Å². The molecule has 3 N–H and O–H groups in total. The fraction of sp³-hybridized carbons (Fsp3) is 0.211. The summed E-state index contributed by atoms with van der Waals surface area (Å²) in [5, 5.41) is 8.42. The van der Waals surface area contributed by atoms with Crippen LogP contribution in [0.3, 0.4) is 0 Å². The van der Waals surface area contributed by atoms with E-state index in [4.69, 9.17) is 10.2 Å². The van der Waals surface area contributed by atoms with Crippen molar-refractivity contribution in [1.82, 2.24) is 30.0 Å². The molecule has 0 aliphatic heterocycles. The lowest BCUT2D eigenvalue weighted by molar-refractivity contribution is 0.0946. The number of benzene rings is 1. The molecule has 1 amide bonds. The quantitative estimate of drug-likeness (QED) is 0.547.